The summed E-state index contributed by atoms with van der Waals surface area (Å²) in [6.45, 7) is 1.66. The Labute approximate surface area is 89.1 Å². The van der Waals surface area contributed by atoms with Crippen LogP contribution in [0, 0.1) is 5.92 Å². The first-order valence-electron chi connectivity index (χ1n) is 4.53. The lowest BCUT2D eigenvalue weighted by Gasteiger charge is -2.22. The van der Waals surface area contributed by atoms with Crippen molar-refractivity contribution in [3.8, 4) is 0 Å². The molecule has 0 spiro atoms. The van der Waals surface area contributed by atoms with Gasteiger partial charge in [0.25, 0.3) is 5.91 Å². The van der Waals surface area contributed by atoms with E-state index in [0.717, 1.165) is 0 Å². The van der Waals surface area contributed by atoms with Gasteiger partial charge in [-0.15, -0.1) is 0 Å². The topological polar surface area (TPSA) is 41.8 Å². The molecule has 1 unspecified atom stereocenters. The summed E-state index contributed by atoms with van der Waals surface area (Å²) in [7, 11) is 0. The van der Waals surface area contributed by atoms with Gasteiger partial charge in [0, 0.05) is 0 Å². The molecular weight excluding hydrogens is 221 g/mol. The van der Waals surface area contributed by atoms with Crippen molar-refractivity contribution in [2.75, 3.05) is 0 Å². The van der Waals surface area contributed by atoms with Crippen LogP contribution < -0.4 is 0 Å². The standard InChI is InChI=1S/C10H7F3N2O/c1-5-3-2-4-6-7(5)8(16)15-9(14-6)10(11,12)13/h2-4,7H,1H3. The summed E-state index contributed by atoms with van der Waals surface area (Å²) < 4.78 is 37.0. The van der Waals surface area contributed by atoms with Crippen LogP contribution in [0.25, 0.3) is 0 Å². The molecule has 1 aliphatic carbocycles. The monoisotopic (exact) mass is 228 g/mol. The molecule has 1 atom stereocenters. The second-order valence-electron chi connectivity index (χ2n) is 3.51. The zero-order chi connectivity index (χ0) is 11.9. The SMILES string of the molecule is CC1=CC=CC2=NC(C(F)(F)F)=NC(=O)C12. The number of fused-ring (bicyclic) bond motifs is 1. The molecule has 0 fully saturated rings. The van der Waals surface area contributed by atoms with Crippen molar-refractivity contribution in [1.82, 2.24) is 0 Å². The molecule has 0 aromatic heterocycles. The summed E-state index contributed by atoms with van der Waals surface area (Å²) in [4.78, 5) is 17.8. The van der Waals surface area contributed by atoms with Gasteiger partial charge in [0.2, 0.25) is 5.84 Å². The molecule has 0 aromatic rings. The molecule has 1 aliphatic heterocycles. The largest absolute Gasteiger partial charge is 0.451 e. The molecular formula is C10H7F3N2O. The first-order valence-corrected chi connectivity index (χ1v) is 4.53. The van der Waals surface area contributed by atoms with Crippen molar-refractivity contribution < 1.29 is 18.0 Å². The van der Waals surface area contributed by atoms with E-state index in [4.69, 9.17) is 0 Å². The zero-order valence-electron chi connectivity index (χ0n) is 8.25. The van der Waals surface area contributed by atoms with E-state index in [1.165, 1.54) is 6.08 Å². The van der Waals surface area contributed by atoms with Crippen LogP contribution in [0.5, 0.6) is 0 Å². The third-order valence-corrected chi connectivity index (χ3v) is 2.33. The number of halogens is 3. The highest BCUT2D eigenvalue weighted by Crippen LogP contribution is 2.27. The Morgan fingerprint density at radius 1 is 1.31 bits per heavy atom. The van der Waals surface area contributed by atoms with Gasteiger partial charge in [0.15, 0.2) is 0 Å². The third kappa shape index (κ3) is 1.70. The third-order valence-electron chi connectivity index (χ3n) is 2.33. The van der Waals surface area contributed by atoms with E-state index in [1.54, 1.807) is 19.1 Å². The second kappa shape index (κ2) is 3.40. The fourth-order valence-corrected chi connectivity index (χ4v) is 1.59. The number of rotatable bonds is 0. The number of amides is 1. The summed E-state index contributed by atoms with van der Waals surface area (Å²) in [6, 6.07) is 0. The number of carbonyl (C=O) groups excluding carboxylic acids is 1. The number of allylic oxidation sites excluding steroid dienone is 3. The summed E-state index contributed by atoms with van der Waals surface area (Å²) in [5.41, 5.74) is 0.753. The number of hydrogen-bond acceptors (Lipinski definition) is 2. The molecule has 0 aromatic carbocycles. The van der Waals surface area contributed by atoms with E-state index in [1.807, 2.05) is 0 Å². The predicted octanol–water partition coefficient (Wildman–Crippen LogP) is 2.06. The fourth-order valence-electron chi connectivity index (χ4n) is 1.59. The van der Waals surface area contributed by atoms with E-state index in [9.17, 15) is 18.0 Å². The summed E-state index contributed by atoms with van der Waals surface area (Å²) in [5, 5.41) is 0. The maximum Gasteiger partial charge on any atom is 0.451 e. The van der Waals surface area contributed by atoms with E-state index in [-0.39, 0.29) is 5.71 Å². The van der Waals surface area contributed by atoms with Gasteiger partial charge in [-0.2, -0.15) is 18.2 Å². The molecule has 2 aliphatic rings. The first kappa shape index (κ1) is 10.8. The van der Waals surface area contributed by atoms with Gasteiger partial charge in [-0.3, -0.25) is 4.79 Å². The fraction of sp³-hybridized carbons (Fsp3) is 0.300. The van der Waals surface area contributed by atoms with Crippen LogP contribution in [0.3, 0.4) is 0 Å². The molecule has 84 valence electrons. The lowest BCUT2D eigenvalue weighted by Crippen LogP contribution is -2.34. The summed E-state index contributed by atoms with van der Waals surface area (Å²) >= 11 is 0. The number of amidine groups is 1. The maximum absolute atomic E-state index is 12.3. The summed E-state index contributed by atoms with van der Waals surface area (Å²) in [5.74, 6) is -2.94. The minimum Gasteiger partial charge on any atom is -0.271 e. The summed E-state index contributed by atoms with van der Waals surface area (Å²) in [6.07, 6.45) is -0.0561. The van der Waals surface area contributed by atoms with E-state index >= 15 is 0 Å². The Morgan fingerprint density at radius 2 is 2.00 bits per heavy atom. The highest BCUT2D eigenvalue weighted by molar-refractivity contribution is 6.22. The van der Waals surface area contributed by atoms with Gasteiger partial charge in [0.1, 0.15) is 5.92 Å². The van der Waals surface area contributed by atoms with E-state index in [0.29, 0.717) is 5.57 Å². The van der Waals surface area contributed by atoms with E-state index < -0.39 is 23.8 Å². The molecule has 3 nitrogen and oxygen atoms in total. The minimum atomic E-state index is -4.68. The predicted molar refractivity (Wildman–Crippen MR) is 52.3 cm³/mol. The van der Waals surface area contributed by atoms with Gasteiger partial charge in [-0.05, 0) is 13.0 Å². The molecule has 1 amide bonds. The molecule has 16 heavy (non-hydrogen) atoms. The Bertz CT molecular complexity index is 469. The quantitative estimate of drug-likeness (QED) is 0.625. The number of hydrogen-bond donors (Lipinski definition) is 0. The average Bonchev–Trinajstić information content (AvgIpc) is 2.15. The van der Waals surface area contributed by atoms with Crippen molar-refractivity contribution >= 4 is 17.5 Å². The molecule has 0 saturated carbocycles. The van der Waals surface area contributed by atoms with Crippen molar-refractivity contribution in [3.63, 3.8) is 0 Å². The average molecular weight is 228 g/mol. The number of carbonyl (C=O) groups is 1. The van der Waals surface area contributed by atoms with Gasteiger partial charge >= 0.3 is 6.18 Å². The Hall–Kier alpha value is -1.72. The normalized spacial score (nSPS) is 24.6. The van der Waals surface area contributed by atoms with Crippen LogP contribution in [0.15, 0.2) is 33.8 Å². The number of aliphatic imine (C=N–C) groups is 2. The molecule has 0 saturated heterocycles. The van der Waals surface area contributed by atoms with Gasteiger partial charge in [-0.25, -0.2) is 4.99 Å². The first-order chi connectivity index (χ1) is 7.39. The van der Waals surface area contributed by atoms with Gasteiger partial charge in [0.05, 0.1) is 5.71 Å². The second-order valence-corrected chi connectivity index (χ2v) is 3.51. The van der Waals surface area contributed by atoms with Crippen molar-refractivity contribution in [1.29, 1.82) is 0 Å². The lowest BCUT2D eigenvalue weighted by molar-refractivity contribution is -0.119. The Morgan fingerprint density at radius 3 is 2.62 bits per heavy atom. The van der Waals surface area contributed by atoms with Crippen LogP contribution in [0.4, 0.5) is 13.2 Å². The highest BCUT2D eigenvalue weighted by atomic mass is 19.4. The Kier molecular flexibility index (Phi) is 2.29. The van der Waals surface area contributed by atoms with E-state index in [2.05, 4.69) is 9.98 Å². The molecule has 0 bridgehead atoms. The molecule has 0 N–H and O–H groups in total. The van der Waals surface area contributed by atoms with Crippen LogP contribution in [0.1, 0.15) is 6.92 Å². The Balaban J connectivity index is 2.45. The maximum atomic E-state index is 12.3. The molecule has 6 heteroatoms. The van der Waals surface area contributed by atoms with Crippen LogP contribution >= 0.6 is 0 Å². The van der Waals surface area contributed by atoms with Gasteiger partial charge < -0.3 is 0 Å². The van der Waals surface area contributed by atoms with Crippen LogP contribution in [-0.4, -0.2) is 23.6 Å². The van der Waals surface area contributed by atoms with Crippen molar-refractivity contribution in [2.45, 2.75) is 13.1 Å². The van der Waals surface area contributed by atoms with Gasteiger partial charge in [-0.1, -0.05) is 17.7 Å². The van der Waals surface area contributed by atoms with Crippen molar-refractivity contribution in [3.05, 3.63) is 23.8 Å². The van der Waals surface area contributed by atoms with Crippen LogP contribution in [0.2, 0.25) is 0 Å². The zero-order valence-corrected chi connectivity index (χ0v) is 8.25. The highest BCUT2D eigenvalue weighted by Gasteiger charge is 2.41. The van der Waals surface area contributed by atoms with Crippen molar-refractivity contribution in [2.24, 2.45) is 15.9 Å². The molecule has 0 radical (unpaired) electrons. The number of alkyl halides is 3. The minimum absolute atomic E-state index is 0.104. The smallest absolute Gasteiger partial charge is 0.271 e. The number of nitrogens with zero attached hydrogens (tertiary/aromatic N) is 2. The van der Waals surface area contributed by atoms with Crippen LogP contribution in [-0.2, 0) is 4.79 Å². The molecule has 1 heterocycles. The lowest BCUT2D eigenvalue weighted by atomic mass is 9.89. The molecule has 2 rings (SSSR count).